The average Bonchev–Trinajstić information content (AvgIpc) is 2.54. The number of ether oxygens (including phenoxy) is 3. The molecule has 1 heterocycles. The van der Waals surface area contributed by atoms with E-state index in [4.69, 9.17) is 14.2 Å². The van der Waals surface area contributed by atoms with Crippen molar-refractivity contribution in [1.29, 1.82) is 0 Å². The van der Waals surface area contributed by atoms with Crippen LogP contribution in [-0.4, -0.2) is 56.9 Å². The minimum atomic E-state index is -0.575. The normalized spacial score (nSPS) is 19.0. The first kappa shape index (κ1) is 15.5. The van der Waals surface area contributed by atoms with Crippen LogP contribution in [0.2, 0.25) is 0 Å². The molecule has 6 heteroatoms. The second-order valence-corrected chi connectivity index (χ2v) is 4.77. The zero-order valence-electron chi connectivity index (χ0n) is 12.2. The van der Waals surface area contributed by atoms with Gasteiger partial charge in [-0.1, -0.05) is 18.2 Å². The highest BCUT2D eigenvalue weighted by molar-refractivity contribution is 5.90. The zero-order valence-corrected chi connectivity index (χ0v) is 12.2. The molecule has 0 saturated carbocycles. The summed E-state index contributed by atoms with van der Waals surface area (Å²) in [5.74, 6) is -0.732. The van der Waals surface area contributed by atoms with Crippen LogP contribution in [0.15, 0.2) is 24.3 Å². The van der Waals surface area contributed by atoms with Crippen molar-refractivity contribution in [3.63, 3.8) is 0 Å². The van der Waals surface area contributed by atoms with Gasteiger partial charge in [-0.05, 0) is 11.6 Å². The monoisotopic (exact) mass is 293 g/mol. The number of morpholine rings is 1. The van der Waals surface area contributed by atoms with Crippen molar-refractivity contribution in [3.8, 4) is 0 Å². The SMILES string of the molecule is COC(=O)c1ccccc1CN1CCOC(C(=O)OC)C1. The maximum Gasteiger partial charge on any atom is 0.338 e. The van der Waals surface area contributed by atoms with Crippen molar-refractivity contribution in [2.24, 2.45) is 0 Å². The Hall–Kier alpha value is -1.92. The van der Waals surface area contributed by atoms with Gasteiger partial charge in [-0.3, -0.25) is 4.90 Å². The number of carbonyl (C=O) groups is 2. The van der Waals surface area contributed by atoms with Gasteiger partial charge in [0.2, 0.25) is 0 Å². The van der Waals surface area contributed by atoms with E-state index >= 15 is 0 Å². The molecular formula is C15H19NO5. The first-order valence-corrected chi connectivity index (χ1v) is 6.73. The molecule has 1 aliphatic rings. The van der Waals surface area contributed by atoms with E-state index in [1.54, 1.807) is 12.1 Å². The Morgan fingerprint density at radius 3 is 2.76 bits per heavy atom. The molecule has 0 spiro atoms. The van der Waals surface area contributed by atoms with Gasteiger partial charge in [-0.2, -0.15) is 0 Å². The van der Waals surface area contributed by atoms with Crippen LogP contribution in [-0.2, 0) is 25.5 Å². The predicted octanol–water partition coefficient (Wildman–Crippen LogP) is 0.847. The first-order valence-electron chi connectivity index (χ1n) is 6.73. The highest BCUT2D eigenvalue weighted by Crippen LogP contribution is 2.15. The van der Waals surface area contributed by atoms with Crippen molar-refractivity contribution in [3.05, 3.63) is 35.4 Å². The van der Waals surface area contributed by atoms with Gasteiger partial charge in [0.05, 0.1) is 26.4 Å². The van der Waals surface area contributed by atoms with Crippen molar-refractivity contribution in [2.45, 2.75) is 12.6 Å². The van der Waals surface area contributed by atoms with E-state index in [1.807, 2.05) is 12.1 Å². The summed E-state index contributed by atoms with van der Waals surface area (Å²) >= 11 is 0. The smallest absolute Gasteiger partial charge is 0.338 e. The van der Waals surface area contributed by atoms with Crippen molar-refractivity contribution < 1.29 is 23.8 Å². The number of nitrogens with zero attached hydrogens (tertiary/aromatic N) is 1. The Bertz CT molecular complexity index is 517. The molecule has 1 atom stereocenters. The number of benzene rings is 1. The first-order chi connectivity index (χ1) is 10.2. The molecule has 1 unspecified atom stereocenters. The molecule has 0 radical (unpaired) electrons. The highest BCUT2D eigenvalue weighted by Gasteiger charge is 2.27. The molecule has 1 aromatic rings. The van der Waals surface area contributed by atoms with Gasteiger partial charge >= 0.3 is 11.9 Å². The summed E-state index contributed by atoms with van der Waals surface area (Å²) in [7, 11) is 2.71. The quantitative estimate of drug-likeness (QED) is 0.767. The lowest BCUT2D eigenvalue weighted by Crippen LogP contribution is -2.46. The van der Waals surface area contributed by atoms with Crippen LogP contribution in [0, 0.1) is 0 Å². The molecule has 1 saturated heterocycles. The summed E-state index contributed by atoms with van der Waals surface area (Å²) in [6.45, 7) is 2.16. The van der Waals surface area contributed by atoms with Gasteiger partial charge in [0.1, 0.15) is 0 Å². The lowest BCUT2D eigenvalue weighted by atomic mass is 10.1. The molecule has 0 aromatic heterocycles. The molecule has 114 valence electrons. The maximum atomic E-state index is 11.8. The third kappa shape index (κ3) is 3.80. The second-order valence-electron chi connectivity index (χ2n) is 4.77. The summed E-state index contributed by atoms with van der Waals surface area (Å²) in [6.07, 6.45) is -0.575. The summed E-state index contributed by atoms with van der Waals surface area (Å²) in [6, 6.07) is 7.29. The van der Waals surface area contributed by atoms with Crippen LogP contribution in [0.1, 0.15) is 15.9 Å². The predicted molar refractivity (Wildman–Crippen MR) is 74.8 cm³/mol. The molecule has 1 fully saturated rings. The summed E-state index contributed by atoms with van der Waals surface area (Å²) in [5.41, 5.74) is 1.41. The van der Waals surface area contributed by atoms with E-state index in [1.165, 1.54) is 14.2 Å². The summed E-state index contributed by atoms with van der Waals surface area (Å²) in [5, 5.41) is 0. The molecule has 0 aliphatic carbocycles. The zero-order chi connectivity index (χ0) is 15.2. The molecule has 1 aliphatic heterocycles. The van der Waals surface area contributed by atoms with Crippen LogP contribution in [0.4, 0.5) is 0 Å². The molecule has 6 nitrogen and oxygen atoms in total. The van der Waals surface area contributed by atoms with Crippen LogP contribution >= 0.6 is 0 Å². The van der Waals surface area contributed by atoms with Gasteiger partial charge in [0.25, 0.3) is 0 Å². The summed E-state index contributed by atoms with van der Waals surface area (Å²) in [4.78, 5) is 25.4. The van der Waals surface area contributed by atoms with Gasteiger partial charge in [-0.15, -0.1) is 0 Å². The molecule has 1 aromatic carbocycles. The Kier molecular flexibility index (Phi) is 5.30. The number of hydrogen-bond donors (Lipinski definition) is 0. The Morgan fingerprint density at radius 2 is 2.05 bits per heavy atom. The largest absolute Gasteiger partial charge is 0.467 e. The molecule has 0 bridgehead atoms. The fraction of sp³-hybridized carbons (Fsp3) is 0.467. The van der Waals surface area contributed by atoms with Crippen LogP contribution in [0.5, 0.6) is 0 Å². The van der Waals surface area contributed by atoms with E-state index in [0.717, 1.165) is 5.56 Å². The van der Waals surface area contributed by atoms with Crippen molar-refractivity contribution >= 4 is 11.9 Å². The van der Waals surface area contributed by atoms with Gasteiger partial charge in [-0.25, -0.2) is 9.59 Å². The molecule has 0 N–H and O–H groups in total. The molecular weight excluding hydrogens is 274 g/mol. The Balaban J connectivity index is 2.08. The summed E-state index contributed by atoms with van der Waals surface area (Å²) < 4.78 is 14.9. The van der Waals surface area contributed by atoms with Gasteiger partial charge in [0, 0.05) is 19.6 Å². The fourth-order valence-electron chi connectivity index (χ4n) is 2.33. The number of hydrogen-bond acceptors (Lipinski definition) is 6. The van der Waals surface area contributed by atoms with E-state index in [-0.39, 0.29) is 11.9 Å². The number of carbonyl (C=O) groups excluding carboxylic acids is 2. The third-order valence-electron chi connectivity index (χ3n) is 3.43. The topological polar surface area (TPSA) is 65.1 Å². The van der Waals surface area contributed by atoms with Crippen LogP contribution in [0.3, 0.4) is 0 Å². The van der Waals surface area contributed by atoms with Crippen LogP contribution in [0.25, 0.3) is 0 Å². The van der Waals surface area contributed by atoms with Gasteiger partial charge in [0.15, 0.2) is 6.10 Å². The second kappa shape index (κ2) is 7.19. The van der Waals surface area contributed by atoms with E-state index < -0.39 is 6.10 Å². The van der Waals surface area contributed by atoms with E-state index in [2.05, 4.69) is 4.90 Å². The fourth-order valence-corrected chi connectivity index (χ4v) is 2.33. The Labute approximate surface area is 123 Å². The van der Waals surface area contributed by atoms with E-state index in [0.29, 0.717) is 31.8 Å². The highest BCUT2D eigenvalue weighted by atomic mass is 16.6. The minimum Gasteiger partial charge on any atom is -0.467 e. The molecule has 2 rings (SSSR count). The van der Waals surface area contributed by atoms with Crippen LogP contribution < -0.4 is 0 Å². The maximum absolute atomic E-state index is 11.8. The number of methoxy groups -OCH3 is 2. The van der Waals surface area contributed by atoms with E-state index in [9.17, 15) is 9.59 Å². The Morgan fingerprint density at radius 1 is 1.29 bits per heavy atom. The lowest BCUT2D eigenvalue weighted by Gasteiger charge is -2.31. The van der Waals surface area contributed by atoms with Gasteiger partial charge < -0.3 is 14.2 Å². The third-order valence-corrected chi connectivity index (χ3v) is 3.43. The van der Waals surface area contributed by atoms with Crippen molar-refractivity contribution in [1.82, 2.24) is 4.90 Å². The lowest BCUT2D eigenvalue weighted by molar-refractivity contribution is -0.160. The standard InChI is InChI=1S/C15H19NO5/c1-19-14(17)12-6-4-3-5-11(12)9-16-7-8-21-13(10-16)15(18)20-2/h3-6,13H,7-10H2,1-2H3. The number of rotatable bonds is 4. The molecule has 0 amide bonds. The average molecular weight is 293 g/mol. The van der Waals surface area contributed by atoms with Crippen molar-refractivity contribution in [2.75, 3.05) is 33.9 Å². The molecule has 21 heavy (non-hydrogen) atoms. The minimum absolute atomic E-state index is 0.358. The number of esters is 2.